The Hall–Kier alpha value is -1.31. The Morgan fingerprint density at radius 1 is 1.22 bits per heavy atom. The third-order valence-electron chi connectivity index (χ3n) is 3.90. The van der Waals surface area contributed by atoms with E-state index in [0.717, 1.165) is 17.7 Å². The number of hydrogen-bond donors (Lipinski definition) is 1. The quantitative estimate of drug-likeness (QED) is 0.866. The van der Waals surface area contributed by atoms with Crippen molar-refractivity contribution in [3.05, 3.63) is 34.9 Å². The molecule has 1 amide bonds. The first kappa shape index (κ1) is 13.1. The Kier molecular flexibility index (Phi) is 4.40. The summed E-state index contributed by atoms with van der Waals surface area (Å²) in [6.07, 6.45) is 6.55. The molecule has 2 rings (SSSR count). The van der Waals surface area contributed by atoms with Gasteiger partial charge in [-0.25, -0.2) is 0 Å². The van der Waals surface area contributed by atoms with Gasteiger partial charge >= 0.3 is 0 Å². The number of nitrogens with one attached hydrogen (secondary N) is 1. The smallest absolute Gasteiger partial charge is 0.251 e. The Labute approximate surface area is 110 Å². The van der Waals surface area contributed by atoms with Crippen LogP contribution in [0.3, 0.4) is 0 Å². The average molecular weight is 245 g/mol. The van der Waals surface area contributed by atoms with Crippen molar-refractivity contribution in [3.8, 4) is 0 Å². The van der Waals surface area contributed by atoms with E-state index in [1.807, 2.05) is 19.1 Å². The van der Waals surface area contributed by atoms with Gasteiger partial charge in [0, 0.05) is 12.1 Å². The second-order valence-electron chi connectivity index (χ2n) is 5.53. The molecule has 2 nitrogen and oxygen atoms in total. The largest absolute Gasteiger partial charge is 0.352 e. The lowest BCUT2D eigenvalue weighted by Gasteiger charge is -2.21. The standard InChI is InChI=1S/C16H23NO/c1-12-8-9-15(13(2)10-12)16(18)17-11-14-6-4-3-5-7-14/h8-10,14H,3-7,11H2,1-2H3,(H,17,18). The molecule has 2 heteroatoms. The molecule has 0 heterocycles. The van der Waals surface area contributed by atoms with Crippen LogP contribution in [0.15, 0.2) is 18.2 Å². The molecular formula is C16H23NO. The molecule has 0 radical (unpaired) electrons. The Bertz CT molecular complexity index is 419. The number of rotatable bonds is 3. The van der Waals surface area contributed by atoms with Gasteiger partial charge in [-0.2, -0.15) is 0 Å². The Morgan fingerprint density at radius 2 is 1.94 bits per heavy atom. The lowest BCUT2D eigenvalue weighted by atomic mass is 9.89. The summed E-state index contributed by atoms with van der Waals surface area (Å²) < 4.78 is 0. The van der Waals surface area contributed by atoms with E-state index in [1.165, 1.54) is 37.7 Å². The van der Waals surface area contributed by atoms with Gasteiger partial charge in [-0.1, -0.05) is 37.0 Å². The first-order chi connectivity index (χ1) is 8.66. The van der Waals surface area contributed by atoms with Crippen molar-refractivity contribution in [2.75, 3.05) is 6.54 Å². The molecule has 0 saturated heterocycles. The number of carbonyl (C=O) groups is 1. The molecule has 0 aromatic heterocycles. The molecule has 0 spiro atoms. The molecule has 0 aliphatic heterocycles. The molecule has 0 atom stereocenters. The van der Waals surface area contributed by atoms with Crippen molar-refractivity contribution >= 4 is 5.91 Å². The van der Waals surface area contributed by atoms with Crippen LogP contribution in [0.5, 0.6) is 0 Å². The van der Waals surface area contributed by atoms with E-state index in [9.17, 15) is 4.79 Å². The van der Waals surface area contributed by atoms with Gasteiger partial charge in [-0.15, -0.1) is 0 Å². The molecular weight excluding hydrogens is 222 g/mol. The molecule has 18 heavy (non-hydrogen) atoms. The Morgan fingerprint density at radius 3 is 2.61 bits per heavy atom. The van der Waals surface area contributed by atoms with E-state index < -0.39 is 0 Å². The van der Waals surface area contributed by atoms with Crippen LogP contribution in [0.25, 0.3) is 0 Å². The molecule has 1 saturated carbocycles. The van der Waals surface area contributed by atoms with Gasteiger partial charge in [0.1, 0.15) is 0 Å². The zero-order chi connectivity index (χ0) is 13.0. The molecule has 0 bridgehead atoms. The van der Waals surface area contributed by atoms with Crippen molar-refractivity contribution < 1.29 is 4.79 Å². The highest BCUT2D eigenvalue weighted by atomic mass is 16.1. The molecule has 1 N–H and O–H groups in total. The van der Waals surface area contributed by atoms with Gasteiger partial charge < -0.3 is 5.32 Å². The Balaban J connectivity index is 1.90. The van der Waals surface area contributed by atoms with E-state index in [-0.39, 0.29) is 5.91 Å². The van der Waals surface area contributed by atoms with Crippen LogP contribution in [0.2, 0.25) is 0 Å². The minimum absolute atomic E-state index is 0.0815. The summed E-state index contributed by atoms with van der Waals surface area (Å²) in [5.74, 6) is 0.770. The summed E-state index contributed by atoms with van der Waals surface area (Å²) in [6.45, 7) is 4.89. The van der Waals surface area contributed by atoms with E-state index >= 15 is 0 Å². The molecule has 1 aromatic rings. The van der Waals surface area contributed by atoms with Crippen LogP contribution in [0.1, 0.15) is 53.6 Å². The zero-order valence-electron chi connectivity index (χ0n) is 11.5. The van der Waals surface area contributed by atoms with Crippen LogP contribution in [-0.4, -0.2) is 12.5 Å². The molecule has 0 unspecified atom stereocenters. The molecule has 98 valence electrons. The topological polar surface area (TPSA) is 29.1 Å². The predicted molar refractivity (Wildman–Crippen MR) is 74.8 cm³/mol. The van der Waals surface area contributed by atoms with Gasteiger partial charge in [0.25, 0.3) is 5.91 Å². The maximum absolute atomic E-state index is 12.1. The van der Waals surface area contributed by atoms with Crippen molar-refractivity contribution in [2.24, 2.45) is 5.92 Å². The van der Waals surface area contributed by atoms with Crippen molar-refractivity contribution in [3.63, 3.8) is 0 Å². The highest BCUT2D eigenvalue weighted by Gasteiger charge is 2.15. The van der Waals surface area contributed by atoms with Gasteiger partial charge in [0.05, 0.1) is 0 Å². The van der Waals surface area contributed by atoms with Crippen molar-refractivity contribution in [1.29, 1.82) is 0 Å². The van der Waals surface area contributed by atoms with Gasteiger partial charge in [-0.3, -0.25) is 4.79 Å². The molecule has 1 aliphatic rings. The highest BCUT2D eigenvalue weighted by Crippen LogP contribution is 2.22. The molecule has 1 aromatic carbocycles. The number of benzene rings is 1. The summed E-state index contributed by atoms with van der Waals surface area (Å²) in [5.41, 5.74) is 3.09. The SMILES string of the molecule is Cc1ccc(C(=O)NCC2CCCCC2)c(C)c1. The summed E-state index contributed by atoms with van der Waals surface area (Å²) in [4.78, 5) is 12.1. The van der Waals surface area contributed by atoms with E-state index in [2.05, 4.69) is 18.3 Å². The van der Waals surface area contributed by atoms with Crippen molar-refractivity contribution in [2.45, 2.75) is 46.0 Å². The van der Waals surface area contributed by atoms with E-state index in [4.69, 9.17) is 0 Å². The van der Waals surface area contributed by atoms with E-state index in [0.29, 0.717) is 5.92 Å². The van der Waals surface area contributed by atoms with Crippen LogP contribution in [-0.2, 0) is 0 Å². The maximum atomic E-state index is 12.1. The number of hydrogen-bond acceptors (Lipinski definition) is 1. The monoisotopic (exact) mass is 245 g/mol. The fourth-order valence-electron chi connectivity index (χ4n) is 2.79. The lowest BCUT2D eigenvalue weighted by Crippen LogP contribution is -2.30. The minimum atomic E-state index is 0.0815. The van der Waals surface area contributed by atoms with Gasteiger partial charge in [0.2, 0.25) is 0 Å². The van der Waals surface area contributed by atoms with Crippen LogP contribution >= 0.6 is 0 Å². The van der Waals surface area contributed by atoms with Crippen LogP contribution in [0, 0.1) is 19.8 Å². The summed E-state index contributed by atoms with van der Waals surface area (Å²) in [5, 5.41) is 3.09. The normalized spacial score (nSPS) is 16.6. The summed E-state index contributed by atoms with van der Waals surface area (Å²) >= 11 is 0. The van der Waals surface area contributed by atoms with Crippen molar-refractivity contribution in [1.82, 2.24) is 5.32 Å². The fourth-order valence-corrected chi connectivity index (χ4v) is 2.79. The minimum Gasteiger partial charge on any atom is -0.352 e. The summed E-state index contributed by atoms with van der Waals surface area (Å²) in [7, 11) is 0. The number of amides is 1. The zero-order valence-corrected chi connectivity index (χ0v) is 11.5. The molecule has 1 aliphatic carbocycles. The van der Waals surface area contributed by atoms with Gasteiger partial charge in [0.15, 0.2) is 0 Å². The third-order valence-corrected chi connectivity index (χ3v) is 3.90. The van der Waals surface area contributed by atoms with Crippen LogP contribution < -0.4 is 5.32 Å². The maximum Gasteiger partial charge on any atom is 0.251 e. The molecule has 1 fully saturated rings. The van der Waals surface area contributed by atoms with Gasteiger partial charge in [-0.05, 0) is 44.2 Å². The second-order valence-corrected chi connectivity index (χ2v) is 5.53. The second kappa shape index (κ2) is 6.03. The predicted octanol–water partition coefficient (Wildman–Crippen LogP) is 3.61. The lowest BCUT2D eigenvalue weighted by molar-refractivity contribution is 0.0943. The summed E-state index contributed by atoms with van der Waals surface area (Å²) in [6, 6.07) is 6.00. The first-order valence-electron chi connectivity index (χ1n) is 7.02. The number of carbonyl (C=O) groups excluding carboxylic acids is 1. The van der Waals surface area contributed by atoms with E-state index in [1.54, 1.807) is 0 Å². The average Bonchev–Trinajstić information content (AvgIpc) is 2.37. The fraction of sp³-hybridized carbons (Fsp3) is 0.562. The third kappa shape index (κ3) is 3.34. The first-order valence-corrected chi connectivity index (χ1v) is 7.02. The highest BCUT2D eigenvalue weighted by molar-refractivity contribution is 5.95. The van der Waals surface area contributed by atoms with Crippen LogP contribution in [0.4, 0.5) is 0 Å². The number of aryl methyl sites for hydroxylation is 2.